The van der Waals surface area contributed by atoms with Crippen molar-refractivity contribution in [2.75, 3.05) is 0 Å². The normalized spacial score (nSPS) is 10.8. The molecule has 10 heavy (non-hydrogen) atoms. The Labute approximate surface area is 62.8 Å². The quantitative estimate of drug-likeness (QED) is 0.516. The van der Waals surface area contributed by atoms with Crippen LogP contribution in [0.5, 0.6) is 0 Å². The van der Waals surface area contributed by atoms with Crippen LogP contribution in [0.25, 0.3) is 0 Å². The number of allylic oxidation sites excluding steroid dienone is 5. The van der Waals surface area contributed by atoms with Gasteiger partial charge >= 0.3 is 0 Å². The molecule has 58 valence electrons. The van der Waals surface area contributed by atoms with Gasteiger partial charge in [-0.15, -0.1) is 0 Å². The van der Waals surface area contributed by atoms with Gasteiger partial charge in [-0.05, 0) is 13.0 Å². The maximum atomic E-state index is 11.2. The number of rotatable bonds is 2. The summed E-state index contributed by atoms with van der Waals surface area (Å²) >= 11 is 0. The van der Waals surface area contributed by atoms with Gasteiger partial charge in [0.25, 0.3) is 0 Å². The molecule has 0 aromatic heterocycles. The summed E-state index contributed by atoms with van der Waals surface area (Å²) in [5.74, 6) is 0. The van der Waals surface area contributed by atoms with E-state index in [4.69, 9.17) is 0 Å². The number of hydrogen-bond donors (Lipinski definition) is 0. The monoisotopic (exact) mass is 142 g/mol. The van der Waals surface area contributed by atoms with Gasteiger partial charge in [-0.2, -0.15) is 0 Å². The second-order valence-corrected chi connectivity index (χ2v) is 1.23. The van der Waals surface area contributed by atoms with E-state index in [9.17, 15) is 4.39 Å². The molecule has 0 spiro atoms. The van der Waals surface area contributed by atoms with E-state index in [1.54, 1.807) is 12.2 Å². The van der Waals surface area contributed by atoms with Crippen LogP contribution in [0.3, 0.4) is 0 Å². The fourth-order valence-corrected chi connectivity index (χ4v) is 0.281. The molecule has 0 aromatic rings. The maximum Gasteiger partial charge on any atom is 0.0866 e. The zero-order valence-corrected chi connectivity index (χ0v) is 6.84. The minimum atomic E-state index is 0.500. The highest BCUT2D eigenvalue weighted by Gasteiger charge is 1.57. The largest absolute Gasteiger partial charge is 0.216 e. The van der Waals surface area contributed by atoms with Crippen LogP contribution in [0.15, 0.2) is 36.7 Å². The molecular weight excluding hydrogens is 127 g/mol. The highest BCUT2D eigenvalue weighted by Crippen LogP contribution is 1.78. The molecule has 0 aliphatic carbocycles. The van der Waals surface area contributed by atoms with E-state index >= 15 is 0 Å². The van der Waals surface area contributed by atoms with Crippen molar-refractivity contribution in [1.82, 2.24) is 0 Å². The smallest absolute Gasteiger partial charge is 0.0866 e. The summed E-state index contributed by atoms with van der Waals surface area (Å²) in [4.78, 5) is 0. The molecule has 0 aliphatic rings. The van der Waals surface area contributed by atoms with E-state index < -0.39 is 0 Å². The third-order valence-corrected chi connectivity index (χ3v) is 0.599. The molecular formula is C9H15F. The second-order valence-electron chi connectivity index (χ2n) is 1.23. The van der Waals surface area contributed by atoms with Gasteiger partial charge in [0.2, 0.25) is 0 Å². The van der Waals surface area contributed by atoms with Gasteiger partial charge in [0.05, 0.1) is 6.33 Å². The van der Waals surface area contributed by atoms with Crippen molar-refractivity contribution in [2.45, 2.75) is 20.8 Å². The molecule has 0 atom stereocenters. The van der Waals surface area contributed by atoms with Crippen LogP contribution >= 0.6 is 0 Å². The van der Waals surface area contributed by atoms with Crippen LogP contribution < -0.4 is 0 Å². The summed E-state index contributed by atoms with van der Waals surface area (Å²) < 4.78 is 11.2. The predicted octanol–water partition coefficient (Wildman–Crippen LogP) is 3.63. The van der Waals surface area contributed by atoms with Gasteiger partial charge < -0.3 is 0 Å². The number of hydrogen-bond acceptors (Lipinski definition) is 0. The molecule has 0 unspecified atom stereocenters. The fourth-order valence-electron chi connectivity index (χ4n) is 0.281. The summed E-state index contributed by atoms with van der Waals surface area (Å²) in [5, 5.41) is 0. The Bertz CT molecular complexity index is 95.9. The van der Waals surface area contributed by atoms with E-state index in [0.717, 1.165) is 0 Å². The minimum Gasteiger partial charge on any atom is -0.216 e. The van der Waals surface area contributed by atoms with Crippen molar-refractivity contribution in [3.05, 3.63) is 36.7 Å². The molecule has 0 amide bonds. The first-order valence-electron chi connectivity index (χ1n) is 3.46. The molecule has 0 rings (SSSR count). The molecule has 0 fully saturated rings. The van der Waals surface area contributed by atoms with Crippen LogP contribution in [0.2, 0.25) is 0 Å². The molecule has 0 aliphatic heterocycles. The van der Waals surface area contributed by atoms with Crippen molar-refractivity contribution >= 4 is 0 Å². The van der Waals surface area contributed by atoms with Crippen LogP contribution in [-0.4, -0.2) is 0 Å². The summed E-state index contributed by atoms with van der Waals surface area (Å²) in [6, 6.07) is 0. The summed E-state index contributed by atoms with van der Waals surface area (Å²) in [6.45, 7) is 5.91. The second kappa shape index (κ2) is 15.7. The van der Waals surface area contributed by atoms with Crippen molar-refractivity contribution in [3.63, 3.8) is 0 Å². The summed E-state index contributed by atoms with van der Waals surface area (Å²) in [7, 11) is 0. The lowest BCUT2D eigenvalue weighted by Crippen LogP contribution is -1.45. The first-order chi connectivity index (χ1) is 4.91. The third-order valence-electron chi connectivity index (χ3n) is 0.599. The average Bonchev–Trinajstić information content (AvgIpc) is 2.02. The number of halogens is 1. The van der Waals surface area contributed by atoms with Gasteiger partial charge in [-0.1, -0.05) is 38.2 Å². The van der Waals surface area contributed by atoms with E-state index in [-0.39, 0.29) is 0 Å². The predicted molar refractivity (Wildman–Crippen MR) is 45.6 cm³/mol. The first-order valence-corrected chi connectivity index (χ1v) is 3.46. The van der Waals surface area contributed by atoms with Crippen LogP contribution in [0.4, 0.5) is 4.39 Å². The molecule has 0 nitrogen and oxygen atoms in total. The standard InChI is InChI=1S/C7H9F.C2H6/c1-2-3-4-5-6-7-8;1-2/h2-7H,1H3;1-2H3/b3-2-,5-4-,7-6+;. The SMILES string of the molecule is CC.C\C=C/C=C\C=C\F. The average molecular weight is 142 g/mol. The Morgan fingerprint density at radius 1 is 0.900 bits per heavy atom. The fraction of sp³-hybridized carbons (Fsp3) is 0.333. The lowest BCUT2D eigenvalue weighted by molar-refractivity contribution is 0.721. The minimum absolute atomic E-state index is 0.500. The zero-order valence-electron chi connectivity index (χ0n) is 6.84. The van der Waals surface area contributed by atoms with Crippen molar-refractivity contribution in [3.8, 4) is 0 Å². The Hall–Kier alpha value is -0.850. The Kier molecular flexibility index (Phi) is 18.7. The molecule has 0 saturated carbocycles. The van der Waals surface area contributed by atoms with E-state index in [1.165, 1.54) is 6.08 Å². The van der Waals surface area contributed by atoms with Crippen molar-refractivity contribution in [1.29, 1.82) is 0 Å². The Morgan fingerprint density at radius 2 is 1.40 bits per heavy atom. The molecule has 0 aromatic carbocycles. The topological polar surface area (TPSA) is 0 Å². The van der Waals surface area contributed by atoms with Gasteiger partial charge in [0, 0.05) is 0 Å². The van der Waals surface area contributed by atoms with E-state index in [2.05, 4.69) is 0 Å². The van der Waals surface area contributed by atoms with E-state index in [1.807, 2.05) is 32.9 Å². The molecule has 0 radical (unpaired) electrons. The Morgan fingerprint density at radius 3 is 1.80 bits per heavy atom. The van der Waals surface area contributed by atoms with Crippen LogP contribution in [0, 0.1) is 0 Å². The first kappa shape index (κ1) is 11.9. The zero-order chi connectivity index (χ0) is 8.24. The van der Waals surface area contributed by atoms with Gasteiger partial charge in [0.15, 0.2) is 0 Å². The summed E-state index contributed by atoms with van der Waals surface area (Å²) in [6.07, 6.45) is 8.93. The van der Waals surface area contributed by atoms with Gasteiger partial charge in [-0.25, -0.2) is 4.39 Å². The van der Waals surface area contributed by atoms with Crippen molar-refractivity contribution in [2.24, 2.45) is 0 Å². The molecule has 0 bridgehead atoms. The molecule has 0 saturated heterocycles. The van der Waals surface area contributed by atoms with Gasteiger partial charge in [0.1, 0.15) is 0 Å². The van der Waals surface area contributed by atoms with Crippen molar-refractivity contribution < 1.29 is 4.39 Å². The van der Waals surface area contributed by atoms with Gasteiger partial charge in [-0.3, -0.25) is 0 Å². The highest BCUT2D eigenvalue weighted by molar-refractivity contribution is 5.08. The van der Waals surface area contributed by atoms with E-state index in [0.29, 0.717) is 6.33 Å². The molecule has 1 heteroatoms. The third kappa shape index (κ3) is 15.7. The van der Waals surface area contributed by atoms with Crippen LogP contribution in [-0.2, 0) is 0 Å². The van der Waals surface area contributed by atoms with Crippen LogP contribution in [0.1, 0.15) is 20.8 Å². The highest BCUT2D eigenvalue weighted by atomic mass is 19.1. The summed E-state index contributed by atoms with van der Waals surface area (Å²) in [5.41, 5.74) is 0. The lowest BCUT2D eigenvalue weighted by Gasteiger charge is -1.66. The lowest BCUT2D eigenvalue weighted by atomic mass is 10.4. The Balaban J connectivity index is 0. The molecule has 0 heterocycles. The molecule has 0 N–H and O–H groups in total. The maximum absolute atomic E-state index is 11.2.